The van der Waals surface area contributed by atoms with Crippen molar-refractivity contribution < 1.29 is 4.74 Å². The van der Waals surface area contributed by atoms with Crippen LogP contribution in [0.2, 0.25) is 0 Å². The molecule has 2 fully saturated rings. The predicted molar refractivity (Wildman–Crippen MR) is 120 cm³/mol. The van der Waals surface area contributed by atoms with Gasteiger partial charge in [-0.25, -0.2) is 0 Å². The minimum absolute atomic E-state index is 0.275. The first-order valence-electron chi connectivity index (χ1n) is 11.0. The zero-order valence-electron chi connectivity index (χ0n) is 18.4. The Labute approximate surface area is 179 Å². The highest BCUT2D eigenvalue weighted by molar-refractivity contribution is 5.80. The third-order valence-corrected chi connectivity index (χ3v) is 6.43. The molecular weight excluding hydrogens is 376 g/mol. The van der Waals surface area contributed by atoms with Gasteiger partial charge in [-0.15, -0.1) is 0 Å². The van der Waals surface area contributed by atoms with Crippen LogP contribution in [0.15, 0.2) is 41.7 Å². The number of aryl methyl sites for hydroxylation is 1. The van der Waals surface area contributed by atoms with Crippen molar-refractivity contribution in [3.05, 3.63) is 47.8 Å². The average Bonchev–Trinajstić information content (AvgIpc) is 3.53. The van der Waals surface area contributed by atoms with Gasteiger partial charge in [0.1, 0.15) is 5.75 Å². The van der Waals surface area contributed by atoms with Crippen LogP contribution in [-0.2, 0) is 7.05 Å². The van der Waals surface area contributed by atoms with E-state index in [1.807, 2.05) is 31.0 Å². The fourth-order valence-electron chi connectivity index (χ4n) is 4.83. The van der Waals surface area contributed by atoms with Crippen LogP contribution in [0.1, 0.15) is 42.3 Å². The van der Waals surface area contributed by atoms with Crippen LogP contribution in [0.3, 0.4) is 0 Å². The Morgan fingerprint density at radius 1 is 1.27 bits per heavy atom. The molecule has 7 heteroatoms. The van der Waals surface area contributed by atoms with Crippen molar-refractivity contribution in [2.45, 2.75) is 31.2 Å². The number of benzene rings is 1. The van der Waals surface area contributed by atoms with Crippen molar-refractivity contribution in [3.8, 4) is 5.75 Å². The molecule has 1 aromatic heterocycles. The van der Waals surface area contributed by atoms with Gasteiger partial charge >= 0.3 is 0 Å². The summed E-state index contributed by atoms with van der Waals surface area (Å²) in [7, 11) is 5.62. The van der Waals surface area contributed by atoms with Crippen molar-refractivity contribution >= 4 is 5.96 Å². The molecule has 2 aromatic rings. The number of para-hydroxylation sites is 1. The van der Waals surface area contributed by atoms with E-state index >= 15 is 0 Å². The fourth-order valence-corrected chi connectivity index (χ4v) is 4.83. The highest BCUT2D eigenvalue weighted by atomic mass is 16.5. The number of ether oxygens (including phenoxy) is 1. The van der Waals surface area contributed by atoms with Gasteiger partial charge in [-0.3, -0.25) is 14.6 Å². The second kappa shape index (κ2) is 9.51. The number of methoxy groups -OCH3 is 1. The number of aliphatic imine (C=N–C) groups is 1. The molecule has 0 bridgehead atoms. The minimum Gasteiger partial charge on any atom is -0.496 e. The molecule has 3 heterocycles. The van der Waals surface area contributed by atoms with Gasteiger partial charge in [0.15, 0.2) is 5.96 Å². The van der Waals surface area contributed by atoms with Crippen LogP contribution < -0.4 is 10.1 Å². The molecule has 0 spiro atoms. The van der Waals surface area contributed by atoms with Gasteiger partial charge in [0, 0.05) is 51.4 Å². The zero-order chi connectivity index (χ0) is 20.9. The van der Waals surface area contributed by atoms with Crippen molar-refractivity contribution in [2.24, 2.45) is 12.0 Å². The van der Waals surface area contributed by atoms with Gasteiger partial charge < -0.3 is 15.0 Å². The van der Waals surface area contributed by atoms with E-state index in [1.165, 1.54) is 24.0 Å². The van der Waals surface area contributed by atoms with Crippen LogP contribution in [-0.4, -0.2) is 72.4 Å². The number of guanidine groups is 1. The maximum Gasteiger partial charge on any atom is 0.193 e. The first kappa shape index (κ1) is 20.7. The summed E-state index contributed by atoms with van der Waals surface area (Å²) >= 11 is 0. The van der Waals surface area contributed by atoms with Gasteiger partial charge in [-0.1, -0.05) is 18.2 Å². The number of aromatic nitrogens is 2. The van der Waals surface area contributed by atoms with Crippen LogP contribution >= 0.6 is 0 Å². The van der Waals surface area contributed by atoms with E-state index in [-0.39, 0.29) is 6.04 Å². The molecule has 0 aliphatic carbocycles. The molecule has 2 unspecified atom stereocenters. The number of nitrogens with one attached hydrogen (secondary N) is 1. The van der Waals surface area contributed by atoms with Crippen LogP contribution in [0.5, 0.6) is 5.75 Å². The number of hydrogen-bond acceptors (Lipinski definition) is 4. The first-order chi connectivity index (χ1) is 14.7. The third kappa shape index (κ3) is 4.46. The first-order valence-corrected chi connectivity index (χ1v) is 11.0. The fraction of sp³-hybridized carbons (Fsp3) is 0.565. The molecule has 0 radical (unpaired) electrons. The quantitative estimate of drug-likeness (QED) is 0.586. The summed E-state index contributed by atoms with van der Waals surface area (Å²) in [5.74, 6) is 2.46. The average molecular weight is 411 g/mol. The zero-order valence-corrected chi connectivity index (χ0v) is 18.4. The molecule has 1 N–H and O–H groups in total. The Hall–Kier alpha value is -2.54. The maximum absolute atomic E-state index is 5.68. The highest BCUT2D eigenvalue weighted by Crippen LogP contribution is 2.31. The lowest BCUT2D eigenvalue weighted by Gasteiger charge is -2.31. The van der Waals surface area contributed by atoms with E-state index in [2.05, 4.69) is 49.6 Å². The van der Waals surface area contributed by atoms with Crippen molar-refractivity contribution in [1.82, 2.24) is 24.9 Å². The largest absolute Gasteiger partial charge is 0.496 e. The number of rotatable bonds is 6. The molecule has 7 nitrogen and oxygen atoms in total. The van der Waals surface area contributed by atoms with Gasteiger partial charge in [0.05, 0.1) is 19.3 Å². The van der Waals surface area contributed by atoms with Crippen molar-refractivity contribution in [3.63, 3.8) is 0 Å². The van der Waals surface area contributed by atoms with Gasteiger partial charge in [0.2, 0.25) is 0 Å². The summed E-state index contributed by atoms with van der Waals surface area (Å²) in [6, 6.07) is 8.68. The molecule has 0 saturated carbocycles. The maximum atomic E-state index is 5.68. The predicted octanol–water partition coefficient (Wildman–Crippen LogP) is 2.63. The molecule has 2 aliphatic rings. The minimum atomic E-state index is 0.275. The van der Waals surface area contributed by atoms with E-state index < -0.39 is 0 Å². The molecule has 2 saturated heterocycles. The molecule has 2 atom stereocenters. The summed E-state index contributed by atoms with van der Waals surface area (Å²) in [5, 5.41) is 8.01. The lowest BCUT2D eigenvalue weighted by Crippen LogP contribution is -2.44. The Balaban J connectivity index is 1.44. The number of likely N-dealkylation sites (tertiary alicyclic amines) is 2. The summed E-state index contributed by atoms with van der Waals surface area (Å²) in [6.45, 7) is 5.09. The molecule has 4 rings (SSSR count). The van der Waals surface area contributed by atoms with E-state index in [4.69, 9.17) is 4.74 Å². The number of nitrogens with zero attached hydrogens (tertiary/aromatic N) is 5. The van der Waals surface area contributed by atoms with E-state index in [9.17, 15) is 0 Å². The second-order valence-electron chi connectivity index (χ2n) is 8.31. The Kier molecular flexibility index (Phi) is 6.57. The van der Waals surface area contributed by atoms with Crippen LogP contribution in [0.25, 0.3) is 0 Å². The molecule has 30 heavy (non-hydrogen) atoms. The Morgan fingerprint density at radius 2 is 2.07 bits per heavy atom. The smallest absolute Gasteiger partial charge is 0.193 e. The molecule has 162 valence electrons. The standard InChI is InChI=1S/C23H34N6O/c1-24-23(29-13-10-18(17-29)19-14-26-27(2)16-19)25-15-21(28-11-6-7-12-28)20-8-4-5-9-22(20)30-3/h4-5,8-9,14,16,18,21H,6-7,10-13,15,17H2,1-3H3,(H,24,25). The monoisotopic (exact) mass is 410 g/mol. The van der Waals surface area contributed by atoms with Crippen LogP contribution in [0, 0.1) is 0 Å². The summed E-state index contributed by atoms with van der Waals surface area (Å²) in [6.07, 6.45) is 7.79. The molecule has 0 amide bonds. The van der Waals surface area contributed by atoms with Gasteiger partial charge in [-0.05, 0) is 44.0 Å². The summed E-state index contributed by atoms with van der Waals surface area (Å²) in [4.78, 5) is 9.54. The Bertz CT molecular complexity index is 857. The molecular formula is C23H34N6O. The topological polar surface area (TPSA) is 57.9 Å². The molecule has 1 aromatic carbocycles. The summed E-state index contributed by atoms with van der Waals surface area (Å²) in [5.41, 5.74) is 2.57. The lowest BCUT2D eigenvalue weighted by molar-refractivity contribution is 0.238. The van der Waals surface area contributed by atoms with Gasteiger partial charge in [0.25, 0.3) is 0 Å². The normalized spacial score (nSPS) is 21.2. The Morgan fingerprint density at radius 3 is 2.77 bits per heavy atom. The van der Waals surface area contributed by atoms with E-state index in [0.29, 0.717) is 5.92 Å². The van der Waals surface area contributed by atoms with Gasteiger partial charge in [-0.2, -0.15) is 5.10 Å². The third-order valence-electron chi connectivity index (χ3n) is 6.43. The van der Waals surface area contributed by atoms with E-state index in [1.54, 1.807) is 7.11 Å². The lowest BCUT2D eigenvalue weighted by atomic mass is 10.0. The number of hydrogen-bond donors (Lipinski definition) is 1. The molecule has 2 aliphatic heterocycles. The van der Waals surface area contributed by atoms with E-state index in [0.717, 1.165) is 50.9 Å². The SMILES string of the molecule is CN=C(NCC(c1ccccc1OC)N1CCCC1)N1CCC(c2cnn(C)c2)C1. The second-order valence-corrected chi connectivity index (χ2v) is 8.31. The van der Waals surface area contributed by atoms with Crippen molar-refractivity contribution in [1.29, 1.82) is 0 Å². The summed E-state index contributed by atoms with van der Waals surface area (Å²) < 4.78 is 7.57. The van der Waals surface area contributed by atoms with Crippen LogP contribution in [0.4, 0.5) is 0 Å². The highest BCUT2D eigenvalue weighted by Gasteiger charge is 2.29. The van der Waals surface area contributed by atoms with Crippen molar-refractivity contribution in [2.75, 3.05) is 46.9 Å².